The van der Waals surface area contributed by atoms with E-state index in [0.29, 0.717) is 21.3 Å². The number of thiocarbonyl (C=S) groups is 1. The molecule has 94 valence electrons. The Morgan fingerprint density at radius 2 is 2.22 bits per heavy atom. The molecule has 0 bridgehead atoms. The van der Waals surface area contributed by atoms with Crippen LogP contribution in [0.1, 0.15) is 18.1 Å². The highest BCUT2D eigenvalue weighted by Crippen LogP contribution is 2.33. The number of amides is 1. The molecule has 0 radical (unpaired) electrons. The number of nitrogens with zero attached hydrogens (tertiary/aromatic N) is 1. The summed E-state index contributed by atoms with van der Waals surface area (Å²) in [6, 6.07) is 5.29. The minimum atomic E-state index is -0.0894. The van der Waals surface area contributed by atoms with Crippen LogP contribution in [0, 0.1) is 6.92 Å². The van der Waals surface area contributed by atoms with Gasteiger partial charge >= 0.3 is 0 Å². The van der Waals surface area contributed by atoms with Gasteiger partial charge in [0.2, 0.25) is 0 Å². The van der Waals surface area contributed by atoms with Crippen molar-refractivity contribution in [3.8, 4) is 5.75 Å². The van der Waals surface area contributed by atoms with Crippen molar-refractivity contribution >= 4 is 40.3 Å². The van der Waals surface area contributed by atoms with Crippen LogP contribution in [0.15, 0.2) is 23.1 Å². The van der Waals surface area contributed by atoms with Gasteiger partial charge in [0.1, 0.15) is 10.1 Å². The Morgan fingerprint density at radius 1 is 1.50 bits per heavy atom. The molecule has 0 spiro atoms. The molecule has 1 aromatic rings. The van der Waals surface area contributed by atoms with Crippen molar-refractivity contribution in [1.29, 1.82) is 0 Å². The highest BCUT2D eigenvalue weighted by Gasteiger charge is 2.30. The topological polar surface area (TPSA) is 40.5 Å². The Labute approximate surface area is 115 Å². The van der Waals surface area contributed by atoms with Crippen LogP contribution in [-0.4, -0.2) is 26.8 Å². The van der Waals surface area contributed by atoms with Crippen LogP contribution in [0.4, 0.5) is 0 Å². The maximum absolute atomic E-state index is 12.0. The summed E-state index contributed by atoms with van der Waals surface area (Å²) in [6.45, 7) is 4.40. The second-order valence-electron chi connectivity index (χ2n) is 3.99. The van der Waals surface area contributed by atoms with E-state index < -0.39 is 0 Å². The van der Waals surface area contributed by atoms with Gasteiger partial charge in [-0.25, -0.2) is 0 Å². The number of thioether (sulfide) groups is 1. The molecule has 3 nitrogen and oxygen atoms in total. The normalized spacial score (nSPS) is 17.9. The predicted octanol–water partition coefficient (Wildman–Crippen LogP) is 2.92. The fourth-order valence-electron chi connectivity index (χ4n) is 1.70. The number of aromatic hydroxyl groups is 1. The Morgan fingerprint density at radius 3 is 2.83 bits per heavy atom. The van der Waals surface area contributed by atoms with Gasteiger partial charge in [-0.15, -0.1) is 0 Å². The first-order valence-electron chi connectivity index (χ1n) is 5.58. The van der Waals surface area contributed by atoms with Crippen molar-refractivity contribution in [3.63, 3.8) is 0 Å². The zero-order valence-electron chi connectivity index (χ0n) is 10.1. The summed E-state index contributed by atoms with van der Waals surface area (Å²) in [5.74, 6) is 0.0794. The van der Waals surface area contributed by atoms with Gasteiger partial charge in [-0.1, -0.05) is 35.6 Å². The van der Waals surface area contributed by atoms with E-state index in [0.717, 1.165) is 5.56 Å². The number of phenols is 1. The van der Waals surface area contributed by atoms with Crippen LogP contribution in [0.5, 0.6) is 5.75 Å². The fourth-order valence-corrected chi connectivity index (χ4v) is 3.08. The monoisotopic (exact) mass is 279 g/mol. The molecular formula is C13H13NO2S2. The maximum atomic E-state index is 12.0. The molecule has 2 rings (SSSR count). The Kier molecular flexibility index (Phi) is 3.73. The third kappa shape index (κ3) is 2.42. The first kappa shape index (κ1) is 13.1. The lowest BCUT2D eigenvalue weighted by atomic mass is 10.1. The number of phenolic OH excluding ortho intramolecular Hbond substituents is 1. The molecule has 1 aliphatic rings. The minimum absolute atomic E-state index is 0.0894. The average molecular weight is 279 g/mol. The number of likely N-dealkylation sites (N-methyl/N-ethyl adjacent to an activating group) is 1. The van der Waals surface area contributed by atoms with E-state index >= 15 is 0 Å². The summed E-state index contributed by atoms with van der Waals surface area (Å²) in [6.07, 6.45) is 1.69. The van der Waals surface area contributed by atoms with Crippen LogP contribution < -0.4 is 0 Å². The molecule has 1 N–H and O–H groups in total. The van der Waals surface area contributed by atoms with E-state index in [9.17, 15) is 9.90 Å². The van der Waals surface area contributed by atoms with E-state index in [1.165, 1.54) is 11.8 Å². The molecule has 18 heavy (non-hydrogen) atoms. The molecule has 1 amide bonds. The Balaban J connectivity index is 2.38. The van der Waals surface area contributed by atoms with Crippen molar-refractivity contribution in [1.82, 2.24) is 4.90 Å². The summed E-state index contributed by atoms with van der Waals surface area (Å²) < 4.78 is 0.570. The largest absolute Gasteiger partial charge is 0.507 e. The fraction of sp³-hybridized carbons (Fsp3) is 0.231. The second-order valence-corrected chi connectivity index (χ2v) is 5.66. The van der Waals surface area contributed by atoms with E-state index in [-0.39, 0.29) is 11.7 Å². The molecule has 1 heterocycles. The smallest absolute Gasteiger partial charge is 0.266 e. The standard InChI is InChI=1S/C13H13NO2S2/c1-3-14-12(16)11(18-13(14)17)7-9-6-8(2)4-5-10(9)15/h4-7,15H,3H2,1-2H3. The van der Waals surface area contributed by atoms with E-state index in [2.05, 4.69) is 0 Å². The van der Waals surface area contributed by atoms with E-state index in [1.54, 1.807) is 17.0 Å². The average Bonchev–Trinajstić information content (AvgIpc) is 2.59. The predicted molar refractivity (Wildman–Crippen MR) is 78.4 cm³/mol. The minimum Gasteiger partial charge on any atom is -0.507 e. The SMILES string of the molecule is CCN1C(=O)C(=Cc2cc(C)ccc2O)SC1=S. The molecule has 1 aliphatic heterocycles. The van der Waals surface area contributed by atoms with Gasteiger partial charge in [0, 0.05) is 12.1 Å². The number of rotatable bonds is 2. The highest BCUT2D eigenvalue weighted by atomic mass is 32.2. The van der Waals surface area contributed by atoms with Crippen LogP contribution in [0.25, 0.3) is 6.08 Å². The van der Waals surface area contributed by atoms with Gasteiger partial charge in [-0.3, -0.25) is 9.69 Å². The van der Waals surface area contributed by atoms with Crippen LogP contribution in [0.2, 0.25) is 0 Å². The van der Waals surface area contributed by atoms with Crippen LogP contribution in [0.3, 0.4) is 0 Å². The number of hydrogen-bond acceptors (Lipinski definition) is 4. The summed E-state index contributed by atoms with van der Waals surface area (Å²) >= 11 is 6.41. The summed E-state index contributed by atoms with van der Waals surface area (Å²) in [5, 5.41) is 9.76. The third-order valence-electron chi connectivity index (χ3n) is 2.66. The molecule has 1 aromatic carbocycles. The highest BCUT2D eigenvalue weighted by molar-refractivity contribution is 8.26. The van der Waals surface area contributed by atoms with Gasteiger partial charge in [0.15, 0.2) is 0 Å². The molecule has 0 saturated carbocycles. The van der Waals surface area contributed by atoms with E-state index in [1.807, 2.05) is 26.0 Å². The van der Waals surface area contributed by atoms with Gasteiger partial charge in [0.25, 0.3) is 5.91 Å². The summed E-state index contributed by atoms with van der Waals surface area (Å²) in [4.78, 5) is 14.1. The zero-order chi connectivity index (χ0) is 13.3. The molecule has 0 atom stereocenters. The quantitative estimate of drug-likeness (QED) is 0.667. The summed E-state index contributed by atoms with van der Waals surface area (Å²) in [5.41, 5.74) is 1.68. The number of carbonyl (C=O) groups is 1. The van der Waals surface area contributed by atoms with Crippen molar-refractivity contribution in [2.24, 2.45) is 0 Å². The molecule has 1 fully saturated rings. The lowest BCUT2D eigenvalue weighted by molar-refractivity contribution is -0.121. The maximum Gasteiger partial charge on any atom is 0.266 e. The van der Waals surface area contributed by atoms with Gasteiger partial charge in [-0.05, 0) is 32.1 Å². The number of hydrogen-bond donors (Lipinski definition) is 1. The number of carbonyl (C=O) groups excluding carboxylic acids is 1. The Hall–Kier alpha value is -1.33. The van der Waals surface area contributed by atoms with Crippen molar-refractivity contribution in [2.75, 3.05) is 6.54 Å². The number of aryl methyl sites for hydroxylation is 1. The van der Waals surface area contributed by atoms with Crippen LogP contribution >= 0.6 is 24.0 Å². The first-order valence-corrected chi connectivity index (χ1v) is 6.80. The van der Waals surface area contributed by atoms with E-state index in [4.69, 9.17) is 12.2 Å². The third-order valence-corrected chi connectivity index (χ3v) is 4.04. The summed E-state index contributed by atoms with van der Waals surface area (Å²) in [7, 11) is 0. The lowest BCUT2D eigenvalue weighted by Crippen LogP contribution is -2.27. The lowest BCUT2D eigenvalue weighted by Gasteiger charge is -2.09. The molecule has 5 heteroatoms. The van der Waals surface area contributed by atoms with Crippen molar-refractivity contribution in [2.45, 2.75) is 13.8 Å². The zero-order valence-corrected chi connectivity index (χ0v) is 11.8. The Bertz CT molecular complexity index is 552. The van der Waals surface area contributed by atoms with Crippen molar-refractivity contribution < 1.29 is 9.90 Å². The van der Waals surface area contributed by atoms with Gasteiger partial charge in [-0.2, -0.15) is 0 Å². The molecule has 0 aromatic heterocycles. The van der Waals surface area contributed by atoms with Gasteiger partial charge < -0.3 is 5.11 Å². The number of benzene rings is 1. The molecule has 0 unspecified atom stereocenters. The molecule has 0 aliphatic carbocycles. The van der Waals surface area contributed by atoms with Crippen molar-refractivity contribution in [3.05, 3.63) is 34.2 Å². The molecule has 1 saturated heterocycles. The molecular weight excluding hydrogens is 266 g/mol. The first-order chi connectivity index (χ1) is 8.52. The van der Waals surface area contributed by atoms with Gasteiger partial charge in [0.05, 0.1) is 4.91 Å². The second kappa shape index (κ2) is 5.12. The van der Waals surface area contributed by atoms with Crippen LogP contribution in [-0.2, 0) is 4.79 Å².